The zero-order valence-electron chi connectivity index (χ0n) is 25.5. The topological polar surface area (TPSA) is 51.8 Å². The Morgan fingerprint density at radius 3 is 1.76 bits per heavy atom. The average molecular weight is 592 g/mol. The molecule has 0 saturated carbocycles. The molecule has 0 atom stereocenters. The molecule has 0 bridgehead atoms. The van der Waals surface area contributed by atoms with Gasteiger partial charge in [-0.1, -0.05) is 135 Å². The second-order valence-corrected chi connectivity index (χ2v) is 12.4. The molecule has 6 aromatic carbocycles. The van der Waals surface area contributed by atoms with E-state index in [0.717, 1.165) is 49.8 Å². The van der Waals surface area contributed by atoms with Crippen LogP contribution in [0.25, 0.3) is 78.4 Å². The van der Waals surface area contributed by atoms with Gasteiger partial charge in [-0.05, 0) is 46.0 Å². The van der Waals surface area contributed by atoms with E-state index in [1.54, 1.807) is 0 Å². The molecule has 0 N–H and O–H groups in total. The number of aromatic nitrogens is 3. The lowest BCUT2D eigenvalue weighted by Gasteiger charge is -2.21. The van der Waals surface area contributed by atoms with Crippen molar-refractivity contribution in [2.75, 3.05) is 0 Å². The normalized spacial score (nSPS) is 13.2. The van der Waals surface area contributed by atoms with E-state index >= 15 is 0 Å². The molecule has 2 heterocycles. The van der Waals surface area contributed by atoms with Crippen LogP contribution in [0.15, 0.2) is 144 Å². The van der Waals surface area contributed by atoms with E-state index in [0.29, 0.717) is 17.5 Å². The molecule has 4 nitrogen and oxygen atoms in total. The summed E-state index contributed by atoms with van der Waals surface area (Å²) in [5.74, 6) is 1.93. The second kappa shape index (κ2) is 10.1. The molecule has 0 saturated heterocycles. The van der Waals surface area contributed by atoms with Crippen molar-refractivity contribution in [3.8, 4) is 56.4 Å². The Balaban J connectivity index is 1.22. The van der Waals surface area contributed by atoms with Gasteiger partial charge in [-0.15, -0.1) is 0 Å². The molecule has 8 aromatic rings. The maximum absolute atomic E-state index is 6.74. The van der Waals surface area contributed by atoms with Gasteiger partial charge in [-0.3, -0.25) is 0 Å². The number of hydrogen-bond donors (Lipinski definition) is 0. The van der Waals surface area contributed by atoms with Crippen LogP contribution in [0.5, 0.6) is 0 Å². The van der Waals surface area contributed by atoms with E-state index in [4.69, 9.17) is 19.4 Å². The summed E-state index contributed by atoms with van der Waals surface area (Å²) in [5, 5.41) is 2.25. The molecule has 1 aliphatic carbocycles. The monoisotopic (exact) mass is 591 g/mol. The van der Waals surface area contributed by atoms with Crippen LogP contribution in [0.2, 0.25) is 0 Å². The number of furan rings is 1. The number of benzene rings is 6. The highest BCUT2D eigenvalue weighted by atomic mass is 16.3. The number of fused-ring (bicyclic) bond motifs is 7. The summed E-state index contributed by atoms with van der Waals surface area (Å²) in [5.41, 5.74) is 11.9. The van der Waals surface area contributed by atoms with Crippen molar-refractivity contribution in [2.24, 2.45) is 0 Å². The molecular formula is C42H29N3O. The van der Waals surface area contributed by atoms with Crippen molar-refractivity contribution < 1.29 is 4.42 Å². The van der Waals surface area contributed by atoms with E-state index in [1.165, 1.54) is 22.3 Å². The van der Waals surface area contributed by atoms with E-state index in [-0.39, 0.29) is 5.41 Å². The van der Waals surface area contributed by atoms with Crippen molar-refractivity contribution >= 4 is 21.9 Å². The third-order valence-corrected chi connectivity index (χ3v) is 9.31. The summed E-state index contributed by atoms with van der Waals surface area (Å²) in [7, 11) is 0. The van der Waals surface area contributed by atoms with Crippen LogP contribution in [0.4, 0.5) is 0 Å². The van der Waals surface area contributed by atoms with Crippen LogP contribution >= 0.6 is 0 Å². The van der Waals surface area contributed by atoms with E-state index in [9.17, 15) is 0 Å². The molecule has 0 unspecified atom stereocenters. The molecule has 2 aromatic heterocycles. The minimum atomic E-state index is -0.162. The van der Waals surface area contributed by atoms with Crippen LogP contribution in [0, 0.1) is 0 Å². The standard InChI is InChI=1S/C42H29N3O/c1-42(2)34-21-10-9-19-31(34)32-23-24-33-36-30(20-12-22-35(36)46-38(33)37(32)42)28-17-11-18-29(25-28)41-44-39(26-13-5-3-6-14-26)43-40(45-41)27-15-7-4-8-16-27/h3-25H,1-2H3. The summed E-state index contributed by atoms with van der Waals surface area (Å²) < 4.78 is 6.74. The van der Waals surface area contributed by atoms with Gasteiger partial charge in [0.25, 0.3) is 0 Å². The summed E-state index contributed by atoms with van der Waals surface area (Å²) in [6, 6.07) is 48.2. The highest BCUT2D eigenvalue weighted by Crippen LogP contribution is 2.53. The van der Waals surface area contributed by atoms with Crippen LogP contribution in [-0.2, 0) is 5.41 Å². The molecule has 218 valence electrons. The summed E-state index contributed by atoms with van der Waals surface area (Å²) in [4.78, 5) is 14.8. The first kappa shape index (κ1) is 26.5. The molecule has 0 amide bonds. The molecule has 0 spiro atoms. The third kappa shape index (κ3) is 4.04. The van der Waals surface area contributed by atoms with Gasteiger partial charge >= 0.3 is 0 Å². The minimum Gasteiger partial charge on any atom is -0.456 e. The smallest absolute Gasteiger partial charge is 0.164 e. The maximum Gasteiger partial charge on any atom is 0.164 e. The second-order valence-electron chi connectivity index (χ2n) is 12.4. The number of rotatable bonds is 4. The highest BCUT2D eigenvalue weighted by molar-refractivity contribution is 6.15. The average Bonchev–Trinajstić information content (AvgIpc) is 3.61. The molecule has 4 heteroatoms. The quantitative estimate of drug-likeness (QED) is 0.204. The number of hydrogen-bond acceptors (Lipinski definition) is 4. The van der Waals surface area contributed by atoms with Gasteiger partial charge in [0, 0.05) is 38.4 Å². The van der Waals surface area contributed by atoms with Gasteiger partial charge in [-0.2, -0.15) is 0 Å². The lowest BCUT2D eigenvalue weighted by molar-refractivity contribution is 0.620. The Labute approximate surface area is 267 Å². The van der Waals surface area contributed by atoms with Crippen LogP contribution in [0.3, 0.4) is 0 Å². The lowest BCUT2D eigenvalue weighted by Crippen LogP contribution is -2.15. The Kier molecular flexibility index (Phi) is 5.81. The predicted molar refractivity (Wildman–Crippen MR) is 186 cm³/mol. The molecule has 46 heavy (non-hydrogen) atoms. The van der Waals surface area contributed by atoms with Gasteiger partial charge < -0.3 is 4.42 Å². The van der Waals surface area contributed by atoms with Crippen LogP contribution in [0.1, 0.15) is 25.0 Å². The Morgan fingerprint density at radius 1 is 0.478 bits per heavy atom. The van der Waals surface area contributed by atoms with Crippen molar-refractivity contribution in [2.45, 2.75) is 19.3 Å². The highest BCUT2D eigenvalue weighted by Gasteiger charge is 2.38. The Morgan fingerprint density at radius 2 is 1.04 bits per heavy atom. The number of nitrogens with zero attached hydrogens (tertiary/aromatic N) is 3. The van der Waals surface area contributed by atoms with Crippen LogP contribution in [-0.4, -0.2) is 15.0 Å². The molecule has 9 rings (SSSR count). The molecular weight excluding hydrogens is 562 g/mol. The first-order valence-electron chi connectivity index (χ1n) is 15.6. The largest absolute Gasteiger partial charge is 0.456 e. The molecule has 0 radical (unpaired) electrons. The third-order valence-electron chi connectivity index (χ3n) is 9.31. The zero-order valence-corrected chi connectivity index (χ0v) is 25.5. The van der Waals surface area contributed by atoms with E-state index < -0.39 is 0 Å². The van der Waals surface area contributed by atoms with E-state index in [2.05, 4.69) is 92.7 Å². The van der Waals surface area contributed by atoms with Gasteiger partial charge in [-0.25, -0.2) is 15.0 Å². The zero-order chi connectivity index (χ0) is 30.8. The van der Waals surface area contributed by atoms with Gasteiger partial charge in [0.1, 0.15) is 11.2 Å². The van der Waals surface area contributed by atoms with Crippen molar-refractivity contribution in [1.29, 1.82) is 0 Å². The SMILES string of the molecule is CC1(C)c2ccccc2-c2ccc3c(oc4cccc(-c5cccc(-c6nc(-c7ccccc7)nc(-c7ccccc7)n6)c5)c43)c21. The van der Waals surface area contributed by atoms with Gasteiger partial charge in [0.2, 0.25) is 0 Å². The minimum absolute atomic E-state index is 0.162. The molecule has 0 fully saturated rings. The molecule has 0 aliphatic heterocycles. The predicted octanol–water partition coefficient (Wildman–Crippen LogP) is 10.7. The van der Waals surface area contributed by atoms with Crippen molar-refractivity contribution in [3.63, 3.8) is 0 Å². The van der Waals surface area contributed by atoms with E-state index in [1.807, 2.05) is 60.7 Å². The fraction of sp³-hybridized carbons (Fsp3) is 0.0714. The Hall–Kier alpha value is -5.87. The maximum atomic E-state index is 6.74. The summed E-state index contributed by atoms with van der Waals surface area (Å²) in [6.07, 6.45) is 0. The fourth-order valence-corrected chi connectivity index (χ4v) is 7.14. The summed E-state index contributed by atoms with van der Waals surface area (Å²) in [6.45, 7) is 4.60. The van der Waals surface area contributed by atoms with Gasteiger partial charge in [0.05, 0.1) is 0 Å². The first-order valence-corrected chi connectivity index (χ1v) is 15.6. The fourth-order valence-electron chi connectivity index (χ4n) is 7.14. The summed E-state index contributed by atoms with van der Waals surface area (Å²) >= 11 is 0. The van der Waals surface area contributed by atoms with Crippen molar-refractivity contribution in [3.05, 3.63) is 151 Å². The van der Waals surface area contributed by atoms with Gasteiger partial charge in [0.15, 0.2) is 17.5 Å². The van der Waals surface area contributed by atoms with Crippen molar-refractivity contribution in [1.82, 2.24) is 15.0 Å². The van der Waals surface area contributed by atoms with Crippen LogP contribution < -0.4 is 0 Å². The first-order chi connectivity index (χ1) is 22.6. The lowest BCUT2D eigenvalue weighted by atomic mass is 9.81. The Bertz CT molecular complexity index is 2380. The molecule has 1 aliphatic rings.